The van der Waals surface area contributed by atoms with Gasteiger partial charge >= 0.3 is 0 Å². The van der Waals surface area contributed by atoms with Crippen molar-refractivity contribution >= 4 is 10.0 Å². The number of nitrogens with one attached hydrogen (secondary N) is 2. The maximum atomic E-state index is 10.9. The Balaban J connectivity index is 2.15. The van der Waals surface area contributed by atoms with Gasteiger partial charge in [-0.05, 0) is 51.7 Å². The molecular weight excluding hydrogens is 262 g/mol. The topological polar surface area (TPSA) is 61.4 Å². The molecule has 0 bridgehead atoms. The normalized spacial score (nSPS) is 20.6. The third kappa shape index (κ3) is 7.25. The van der Waals surface area contributed by atoms with Gasteiger partial charge in [-0.3, -0.25) is 0 Å². The number of likely N-dealkylation sites (tertiary alicyclic amines) is 1. The van der Waals surface area contributed by atoms with E-state index in [-0.39, 0.29) is 0 Å². The highest BCUT2D eigenvalue weighted by molar-refractivity contribution is 7.88. The summed E-state index contributed by atoms with van der Waals surface area (Å²) in [6, 6.07) is 0.463. The van der Waals surface area contributed by atoms with Crippen LogP contribution in [0.15, 0.2) is 0 Å². The fourth-order valence-corrected chi connectivity index (χ4v) is 3.17. The SMILES string of the molecule is CCCN1CCC(C(C)NCCNS(C)(=O)=O)CC1. The Morgan fingerprint density at radius 3 is 2.42 bits per heavy atom. The monoisotopic (exact) mass is 291 g/mol. The first-order valence-electron chi connectivity index (χ1n) is 7.32. The summed E-state index contributed by atoms with van der Waals surface area (Å²) in [6.45, 7) is 9.22. The molecule has 0 aromatic rings. The molecule has 0 saturated carbocycles. The van der Waals surface area contributed by atoms with Gasteiger partial charge in [-0.15, -0.1) is 0 Å². The molecule has 0 spiro atoms. The minimum absolute atomic E-state index is 0.463. The average molecular weight is 291 g/mol. The number of hydrogen-bond acceptors (Lipinski definition) is 4. The zero-order chi connectivity index (χ0) is 14.3. The molecule has 1 atom stereocenters. The summed E-state index contributed by atoms with van der Waals surface area (Å²) in [6.07, 6.45) is 4.91. The van der Waals surface area contributed by atoms with E-state index in [1.54, 1.807) is 0 Å². The Kier molecular flexibility index (Phi) is 7.28. The van der Waals surface area contributed by atoms with Gasteiger partial charge in [0, 0.05) is 19.1 Å². The molecule has 0 aromatic heterocycles. The van der Waals surface area contributed by atoms with Gasteiger partial charge < -0.3 is 10.2 Å². The van der Waals surface area contributed by atoms with Crippen molar-refractivity contribution in [2.75, 3.05) is 39.0 Å². The molecule has 0 aromatic carbocycles. The molecule has 0 amide bonds. The van der Waals surface area contributed by atoms with E-state index in [9.17, 15) is 8.42 Å². The van der Waals surface area contributed by atoms with Gasteiger partial charge in [0.2, 0.25) is 10.0 Å². The lowest BCUT2D eigenvalue weighted by Crippen LogP contribution is -2.44. The summed E-state index contributed by atoms with van der Waals surface area (Å²) in [5.74, 6) is 0.714. The summed E-state index contributed by atoms with van der Waals surface area (Å²) in [4.78, 5) is 2.54. The van der Waals surface area contributed by atoms with Crippen LogP contribution in [0.4, 0.5) is 0 Å². The van der Waals surface area contributed by atoms with Crippen LogP contribution in [-0.2, 0) is 10.0 Å². The zero-order valence-electron chi connectivity index (χ0n) is 12.5. The molecule has 114 valence electrons. The molecule has 1 aliphatic rings. The van der Waals surface area contributed by atoms with Crippen molar-refractivity contribution in [2.24, 2.45) is 5.92 Å². The maximum Gasteiger partial charge on any atom is 0.208 e. The zero-order valence-corrected chi connectivity index (χ0v) is 13.3. The lowest BCUT2D eigenvalue weighted by Gasteiger charge is -2.35. The Labute approximate surface area is 118 Å². The van der Waals surface area contributed by atoms with Gasteiger partial charge in [-0.1, -0.05) is 6.92 Å². The Morgan fingerprint density at radius 1 is 1.26 bits per heavy atom. The van der Waals surface area contributed by atoms with E-state index in [1.165, 1.54) is 45.2 Å². The Hall–Kier alpha value is -0.170. The van der Waals surface area contributed by atoms with Crippen LogP contribution in [0.1, 0.15) is 33.1 Å². The molecule has 1 aliphatic heterocycles. The fourth-order valence-electron chi connectivity index (χ4n) is 2.70. The van der Waals surface area contributed by atoms with Gasteiger partial charge in [0.15, 0.2) is 0 Å². The van der Waals surface area contributed by atoms with Crippen molar-refractivity contribution < 1.29 is 8.42 Å². The molecule has 2 N–H and O–H groups in total. The lowest BCUT2D eigenvalue weighted by molar-refractivity contribution is 0.163. The third-order valence-electron chi connectivity index (χ3n) is 3.83. The highest BCUT2D eigenvalue weighted by atomic mass is 32.2. The van der Waals surface area contributed by atoms with E-state index in [0.717, 1.165) is 0 Å². The van der Waals surface area contributed by atoms with Crippen LogP contribution in [0.2, 0.25) is 0 Å². The van der Waals surface area contributed by atoms with E-state index >= 15 is 0 Å². The molecule has 0 aliphatic carbocycles. The number of piperidine rings is 1. The van der Waals surface area contributed by atoms with Crippen molar-refractivity contribution in [1.82, 2.24) is 14.9 Å². The molecular formula is C13H29N3O2S. The van der Waals surface area contributed by atoms with Gasteiger partial charge in [0.05, 0.1) is 6.26 Å². The van der Waals surface area contributed by atoms with Crippen LogP contribution in [-0.4, -0.2) is 58.3 Å². The summed E-state index contributed by atoms with van der Waals surface area (Å²) >= 11 is 0. The van der Waals surface area contributed by atoms with Gasteiger partial charge in [-0.25, -0.2) is 13.1 Å². The van der Waals surface area contributed by atoms with Crippen molar-refractivity contribution in [3.63, 3.8) is 0 Å². The second-order valence-electron chi connectivity index (χ2n) is 5.59. The average Bonchev–Trinajstić information content (AvgIpc) is 2.34. The van der Waals surface area contributed by atoms with Crippen molar-refractivity contribution in [1.29, 1.82) is 0 Å². The minimum atomic E-state index is -3.06. The molecule has 0 radical (unpaired) electrons. The number of nitrogens with zero attached hydrogens (tertiary/aromatic N) is 1. The van der Waals surface area contributed by atoms with Gasteiger partial charge in [-0.2, -0.15) is 0 Å². The third-order valence-corrected chi connectivity index (χ3v) is 4.56. The summed E-state index contributed by atoms with van der Waals surface area (Å²) in [5.41, 5.74) is 0. The van der Waals surface area contributed by atoms with E-state index in [0.29, 0.717) is 25.0 Å². The minimum Gasteiger partial charge on any atom is -0.313 e. The molecule has 5 nitrogen and oxygen atoms in total. The first kappa shape index (κ1) is 16.9. The van der Waals surface area contributed by atoms with E-state index in [1.807, 2.05) is 0 Å². The van der Waals surface area contributed by atoms with Crippen LogP contribution in [0.25, 0.3) is 0 Å². The van der Waals surface area contributed by atoms with Crippen molar-refractivity contribution in [3.8, 4) is 0 Å². The number of sulfonamides is 1. The molecule has 1 rings (SSSR count). The molecule has 1 saturated heterocycles. The maximum absolute atomic E-state index is 10.9. The molecule has 1 fully saturated rings. The first-order chi connectivity index (χ1) is 8.92. The van der Waals surface area contributed by atoms with Crippen molar-refractivity contribution in [2.45, 2.75) is 39.2 Å². The molecule has 1 heterocycles. The highest BCUT2D eigenvalue weighted by Gasteiger charge is 2.22. The number of hydrogen-bond donors (Lipinski definition) is 2. The highest BCUT2D eigenvalue weighted by Crippen LogP contribution is 2.20. The van der Waals surface area contributed by atoms with E-state index in [2.05, 4.69) is 28.8 Å². The lowest BCUT2D eigenvalue weighted by atomic mass is 9.90. The molecule has 6 heteroatoms. The summed E-state index contributed by atoms with van der Waals surface area (Å²) in [5, 5.41) is 3.43. The van der Waals surface area contributed by atoms with Crippen LogP contribution in [0, 0.1) is 5.92 Å². The van der Waals surface area contributed by atoms with Crippen LogP contribution in [0.5, 0.6) is 0 Å². The Bertz CT molecular complexity index is 338. The van der Waals surface area contributed by atoms with Gasteiger partial charge in [0.25, 0.3) is 0 Å². The smallest absolute Gasteiger partial charge is 0.208 e. The fraction of sp³-hybridized carbons (Fsp3) is 1.00. The predicted molar refractivity (Wildman–Crippen MR) is 79.8 cm³/mol. The van der Waals surface area contributed by atoms with E-state index < -0.39 is 10.0 Å². The standard InChI is InChI=1S/C13H29N3O2S/c1-4-9-16-10-5-13(6-11-16)12(2)14-7-8-15-19(3,17)18/h12-15H,4-11H2,1-3H3. The molecule has 19 heavy (non-hydrogen) atoms. The van der Waals surface area contributed by atoms with Crippen LogP contribution >= 0.6 is 0 Å². The van der Waals surface area contributed by atoms with Crippen LogP contribution < -0.4 is 10.0 Å². The van der Waals surface area contributed by atoms with Gasteiger partial charge in [0.1, 0.15) is 0 Å². The first-order valence-corrected chi connectivity index (χ1v) is 9.22. The predicted octanol–water partition coefficient (Wildman–Crippen LogP) is 0.636. The second kappa shape index (κ2) is 8.19. The Morgan fingerprint density at radius 2 is 1.89 bits per heavy atom. The molecule has 1 unspecified atom stereocenters. The van der Waals surface area contributed by atoms with Crippen molar-refractivity contribution in [3.05, 3.63) is 0 Å². The summed E-state index contributed by atoms with van der Waals surface area (Å²) < 4.78 is 24.4. The second-order valence-corrected chi connectivity index (χ2v) is 7.42. The quantitative estimate of drug-likeness (QED) is 0.644. The van der Waals surface area contributed by atoms with E-state index in [4.69, 9.17) is 0 Å². The number of rotatable bonds is 8. The van der Waals surface area contributed by atoms with Crippen LogP contribution in [0.3, 0.4) is 0 Å². The summed E-state index contributed by atoms with van der Waals surface area (Å²) in [7, 11) is -3.06. The largest absolute Gasteiger partial charge is 0.313 e.